The summed E-state index contributed by atoms with van der Waals surface area (Å²) in [5.74, 6) is 0. The maximum Gasteiger partial charge on any atom is 0.424 e. The first-order valence-electron chi connectivity index (χ1n) is 1.02. The van der Waals surface area contributed by atoms with Gasteiger partial charge in [0, 0.05) is 11.6 Å². The molecule has 0 aliphatic heterocycles. The zero-order valence-corrected chi connectivity index (χ0v) is 3.40. The molecular weight excluding hydrogens is 109 g/mol. The summed E-state index contributed by atoms with van der Waals surface area (Å²) >= 11 is 4.49. The lowest BCUT2D eigenvalue weighted by Crippen LogP contribution is -2.09. The molecule has 0 heterocycles. The number of rotatable bonds is 1. The molecule has 0 fully saturated rings. The van der Waals surface area contributed by atoms with Crippen LogP contribution >= 0.6 is 11.6 Å². The van der Waals surface area contributed by atoms with E-state index >= 15 is 0 Å². The van der Waals surface area contributed by atoms with Crippen LogP contribution in [0, 0.1) is 0 Å². The molecule has 0 rings (SSSR count). The second kappa shape index (κ2) is 2.89. The van der Waals surface area contributed by atoms with Crippen LogP contribution in [0.15, 0.2) is 0 Å². The summed E-state index contributed by atoms with van der Waals surface area (Å²) < 4.78 is 0. The monoisotopic (exact) mass is 111 g/mol. The smallest absolute Gasteiger partial charge is 0.332 e. The van der Waals surface area contributed by atoms with E-state index < -0.39 is 5.43 Å². The summed E-state index contributed by atoms with van der Waals surface area (Å²) in [5.41, 5.74) is -0.0139. The van der Waals surface area contributed by atoms with Gasteiger partial charge in [0.25, 0.3) is 0 Å². The summed E-state index contributed by atoms with van der Waals surface area (Å²) in [4.78, 5) is 12.8. The Labute approximate surface area is 38.6 Å². The quantitative estimate of drug-likeness (QED) is 0.376. The fourth-order valence-electron chi connectivity index (χ4n) is 0.0359. The van der Waals surface area contributed by atoms with Crippen molar-refractivity contribution in [2.75, 3.05) is 0 Å². The highest BCUT2D eigenvalue weighted by molar-refractivity contribution is 6.61. The molecule has 4 nitrogen and oxygen atoms in total. The molecule has 0 saturated heterocycles. The molecule has 0 atom stereocenters. The van der Waals surface area contributed by atoms with Crippen LogP contribution in [0.1, 0.15) is 0 Å². The van der Waals surface area contributed by atoms with Gasteiger partial charge in [-0.2, -0.15) is 0 Å². The van der Waals surface area contributed by atoms with Crippen molar-refractivity contribution in [3.63, 3.8) is 0 Å². The average Bonchev–Trinajstić information content (AvgIpc) is 1.35. The van der Waals surface area contributed by atoms with Crippen molar-refractivity contribution >= 4 is 17.0 Å². The topological polar surface area (TPSA) is 58.6 Å². The van der Waals surface area contributed by atoms with Crippen molar-refractivity contribution in [1.29, 1.82) is 0 Å². The SMILES string of the molecule is O=C(Cl)ONO. The largest absolute Gasteiger partial charge is 0.424 e. The summed E-state index contributed by atoms with van der Waals surface area (Å²) in [6, 6.07) is 0. The zero-order valence-electron chi connectivity index (χ0n) is 2.64. The van der Waals surface area contributed by atoms with E-state index in [2.05, 4.69) is 16.4 Å². The first-order valence-corrected chi connectivity index (χ1v) is 1.40. The average molecular weight is 111 g/mol. The van der Waals surface area contributed by atoms with Gasteiger partial charge >= 0.3 is 5.43 Å². The fourth-order valence-corrected chi connectivity index (χ4v) is 0.0704. The predicted octanol–water partition coefficient (Wildman–Crippen LogP) is 0.256. The van der Waals surface area contributed by atoms with Crippen LogP contribution in [-0.4, -0.2) is 10.6 Å². The highest BCUT2D eigenvalue weighted by Crippen LogP contribution is 1.78. The number of hydrogen-bond donors (Lipinski definition) is 2. The molecule has 6 heavy (non-hydrogen) atoms. The van der Waals surface area contributed by atoms with Crippen LogP contribution in [0.2, 0.25) is 0 Å². The summed E-state index contributed by atoms with van der Waals surface area (Å²) in [7, 11) is 0. The third-order valence-corrected chi connectivity index (χ3v) is 0.203. The van der Waals surface area contributed by atoms with Crippen molar-refractivity contribution in [2.24, 2.45) is 0 Å². The number of hydrogen-bond acceptors (Lipinski definition) is 4. The molecule has 36 valence electrons. The molecule has 0 bridgehead atoms. The second-order valence-corrected chi connectivity index (χ2v) is 0.740. The highest BCUT2D eigenvalue weighted by Gasteiger charge is 1.87. The Bertz CT molecular complexity index is 54.8. The second-order valence-electron chi connectivity index (χ2n) is 0.431. The van der Waals surface area contributed by atoms with E-state index in [-0.39, 0.29) is 0 Å². The Morgan fingerprint density at radius 2 is 2.50 bits per heavy atom. The molecule has 0 spiro atoms. The third kappa shape index (κ3) is 3.68. The molecule has 0 aromatic carbocycles. The molecule has 0 unspecified atom stereocenters. The summed E-state index contributed by atoms with van der Waals surface area (Å²) in [5, 5.41) is 7.46. The first kappa shape index (κ1) is 5.68. The van der Waals surface area contributed by atoms with E-state index in [0.717, 1.165) is 5.64 Å². The number of carbonyl (C=O) groups excluding carboxylic acids is 1. The Balaban J connectivity index is 2.83. The standard InChI is InChI=1S/CH2ClNO3/c2-1(4)6-3-5/h3,5H. The van der Waals surface area contributed by atoms with Crippen molar-refractivity contribution < 1.29 is 14.8 Å². The van der Waals surface area contributed by atoms with Crippen LogP contribution in [-0.2, 0) is 4.84 Å². The van der Waals surface area contributed by atoms with Crippen molar-refractivity contribution in [3.8, 4) is 0 Å². The maximum atomic E-state index is 9.36. The van der Waals surface area contributed by atoms with E-state index in [9.17, 15) is 4.79 Å². The minimum Gasteiger partial charge on any atom is -0.332 e. The van der Waals surface area contributed by atoms with E-state index in [1.165, 1.54) is 0 Å². The van der Waals surface area contributed by atoms with E-state index in [0.29, 0.717) is 0 Å². The minimum absolute atomic E-state index is 1.09. The molecule has 0 aliphatic rings. The minimum atomic E-state index is -1.10. The molecule has 0 radical (unpaired) electrons. The molecule has 0 saturated carbocycles. The highest BCUT2D eigenvalue weighted by atomic mass is 35.5. The van der Waals surface area contributed by atoms with Crippen LogP contribution in [0.4, 0.5) is 4.79 Å². The Kier molecular flexibility index (Phi) is 2.74. The Hall–Kier alpha value is -0.320. The van der Waals surface area contributed by atoms with Gasteiger partial charge in [-0.1, -0.05) is 0 Å². The van der Waals surface area contributed by atoms with Gasteiger partial charge in [-0.15, -0.1) is 0 Å². The lowest BCUT2D eigenvalue weighted by atomic mass is 11.6. The van der Waals surface area contributed by atoms with Gasteiger partial charge in [0.2, 0.25) is 0 Å². The van der Waals surface area contributed by atoms with Crippen LogP contribution in [0.5, 0.6) is 0 Å². The Morgan fingerprint density at radius 3 is 2.50 bits per heavy atom. The van der Waals surface area contributed by atoms with Gasteiger partial charge in [0.15, 0.2) is 0 Å². The molecule has 0 aromatic heterocycles. The molecule has 5 heteroatoms. The van der Waals surface area contributed by atoms with Gasteiger partial charge in [0.05, 0.1) is 0 Å². The summed E-state index contributed by atoms with van der Waals surface area (Å²) in [6.07, 6.45) is 0. The van der Waals surface area contributed by atoms with E-state index in [1.807, 2.05) is 0 Å². The van der Waals surface area contributed by atoms with E-state index in [1.54, 1.807) is 0 Å². The van der Waals surface area contributed by atoms with Crippen LogP contribution in [0.25, 0.3) is 0 Å². The van der Waals surface area contributed by atoms with Gasteiger partial charge in [-0.05, 0) is 5.64 Å². The number of carbonyl (C=O) groups is 1. The van der Waals surface area contributed by atoms with Gasteiger partial charge in [-0.3, -0.25) is 5.21 Å². The lowest BCUT2D eigenvalue weighted by Gasteiger charge is -1.86. The number of halogens is 1. The van der Waals surface area contributed by atoms with Gasteiger partial charge in [0.1, 0.15) is 0 Å². The zero-order chi connectivity index (χ0) is 4.99. The molecular formula is CH2ClNO3. The predicted molar refractivity (Wildman–Crippen MR) is 17.3 cm³/mol. The molecule has 0 aromatic rings. The van der Waals surface area contributed by atoms with Crippen molar-refractivity contribution in [1.82, 2.24) is 5.64 Å². The first-order chi connectivity index (χ1) is 2.77. The normalized spacial score (nSPS) is 7.67. The Morgan fingerprint density at radius 1 is 2.00 bits per heavy atom. The number of nitrogens with one attached hydrogen (secondary N) is 1. The van der Waals surface area contributed by atoms with Gasteiger partial charge in [-0.25, -0.2) is 4.79 Å². The molecule has 2 N–H and O–H groups in total. The van der Waals surface area contributed by atoms with Crippen molar-refractivity contribution in [2.45, 2.75) is 0 Å². The summed E-state index contributed by atoms with van der Waals surface area (Å²) in [6.45, 7) is 0. The van der Waals surface area contributed by atoms with Gasteiger partial charge < -0.3 is 4.84 Å². The third-order valence-electron chi connectivity index (χ3n) is 0.126. The fraction of sp³-hybridized carbons (Fsp3) is 0. The lowest BCUT2D eigenvalue weighted by molar-refractivity contribution is -0.0678. The molecule has 0 amide bonds. The van der Waals surface area contributed by atoms with Crippen LogP contribution < -0.4 is 5.64 Å². The van der Waals surface area contributed by atoms with Crippen LogP contribution in [0.3, 0.4) is 0 Å². The maximum absolute atomic E-state index is 9.36. The van der Waals surface area contributed by atoms with E-state index in [4.69, 9.17) is 5.21 Å². The molecule has 0 aliphatic carbocycles. The van der Waals surface area contributed by atoms with Crippen molar-refractivity contribution in [3.05, 3.63) is 0 Å².